The van der Waals surface area contributed by atoms with E-state index in [0.29, 0.717) is 0 Å². The third kappa shape index (κ3) is 3.18. The maximum absolute atomic E-state index is 3.49. The van der Waals surface area contributed by atoms with Crippen LogP contribution in [0.3, 0.4) is 0 Å². The van der Waals surface area contributed by atoms with Crippen molar-refractivity contribution in [1.29, 1.82) is 0 Å². The van der Waals surface area contributed by atoms with E-state index in [1.54, 1.807) is 0 Å². The second kappa shape index (κ2) is 5.04. The molecular formula is C11H17BrClN. The van der Waals surface area contributed by atoms with Crippen molar-refractivity contribution in [3.05, 3.63) is 28.2 Å². The summed E-state index contributed by atoms with van der Waals surface area (Å²) in [4.78, 5) is 0. The van der Waals surface area contributed by atoms with E-state index >= 15 is 0 Å². The highest BCUT2D eigenvalue weighted by molar-refractivity contribution is 9.10. The number of hydrogen-bond acceptors (Lipinski definition) is 1. The second-order valence-electron chi connectivity index (χ2n) is 4.19. The normalized spacial score (nSPS) is 10.6. The minimum absolute atomic E-state index is 0. The third-order valence-electron chi connectivity index (χ3n) is 2.10. The van der Waals surface area contributed by atoms with Crippen LogP contribution in [0.25, 0.3) is 0 Å². The maximum atomic E-state index is 3.49. The van der Waals surface area contributed by atoms with Gasteiger partial charge in [0.05, 0.1) is 0 Å². The predicted octanol–water partition coefficient (Wildman–Crippen LogP) is 4.21. The summed E-state index contributed by atoms with van der Waals surface area (Å²) in [6, 6.07) is 6.43. The summed E-state index contributed by atoms with van der Waals surface area (Å²) in [6.07, 6.45) is 0. The number of benzene rings is 1. The highest BCUT2D eigenvalue weighted by atomic mass is 79.9. The molecular weight excluding hydrogens is 261 g/mol. The van der Waals surface area contributed by atoms with Gasteiger partial charge >= 0.3 is 0 Å². The molecule has 1 rings (SSSR count). The molecule has 0 spiro atoms. The Kier molecular flexibility index (Phi) is 4.96. The first kappa shape index (κ1) is 13.8. The first-order valence-corrected chi connectivity index (χ1v) is 5.22. The van der Waals surface area contributed by atoms with Crippen LogP contribution in [0.1, 0.15) is 26.3 Å². The van der Waals surface area contributed by atoms with E-state index in [2.05, 4.69) is 60.2 Å². The zero-order chi connectivity index (χ0) is 10.1. The van der Waals surface area contributed by atoms with E-state index in [1.807, 2.05) is 7.05 Å². The predicted molar refractivity (Wildman–Crippen MR) is 69.6 cm³/mol. The van der Waals surface area contributed by atoms with Gasteiger partial charge in [-0.05, 0) is 39.0 Å². The molecule has 0 aliphatic rings. The Morgan fingerprint density at radius 3 is 2.21 bits per heavy atom. The van der Waals surface area contributed by atoms with Crippen LogP contribution in [0.15, 0.2) is 22.7 Å². The lowest BCUT2D eigenvalue weighted by atomic mass is 9.87. The molecule has 0 unspecified atom stereocenters. The van der Waals surface area contributed by atoms with Gasteiger partial charge in [-0.2, -0.15) is 0 Å². The molecule has 0 amide bonds. The number of anilines is 1. The van der Waals surface area contributed by atoms with Crippen molar-refractivity contribution in [3.8, 4) is 0 Å². The Hall–Kier alpha value is -0.210. The highest BCUT2D eigenvalue weighted by Gasteiger charge is 2.14. The SMILES string of the molecule is CNc1cc(C(C)(C)C)ccc1Br.Cl. The van der Waals surface area contributed by atoms with Crippen LogP contribution in [0.5, 0.6) is 0 Å². The average molecular weight is 279 g/mol. The van der Waals surface area contributed by atoms with Crippen molar-refractivity contribution in [2.45, 2.75) is 26.2 Å². The molecule has 0 heterocycles. The van der Waals surface area contributed by atoms with Crippen LogP contribution < -0.4 is 5.32 Å². The second-order valence-corrected chi connectivity index (χ2v) is 5.05. The highest BCUT2D eigenvalue weighted by Crippen LogP contribution is 2.29. The van der Waals surface area contributed by atoms with Crippen molar-refractivity contribution < 1.29 is 0 Å². The van der Waals surface area contributed by atoms with E-state index in [4.69, 9.17) is 0 Å². The van der Waals surface area contributed by atoms with Crippen LogP contribution in [0.2, 0.25) is 0 Å². The number of rotatable bonds is 1. The summed E-state index contributed by atoms with van der Waals surface area (Å²) >= 11 is 3.49. The number of hydrogen-bond donors (Lipinski definition) is 1. The van der Waals surface area contributed by atoms with E-state index in [0.717, 1.165) is 10.2 Å². The summed E-state index contributed by atoms with van der Waals surface area (Å²) in [5, 5.41) is 3.16. The molecule has 14 heavy (non-hydrogen) atoms. The van der Waals surface area contributed by atoms with Crippen molar-refractivity contribution in [1.82, 2.24) is 0 Å². The molecule has 0 saturated carbocycles. The molecule has 1 N–H and O–H groups in total. The monoisotopic (exact) mass is 277 g/mol. The Labute approximate surface area is 101 Å². The fourth-order valence-corrected chi connectivity index (χ4v) is 1.63. The smallest absolute Gasteiger partial charge is 0.0484 e. The molecule has 0 aliphatic heterocycles. The molecule has 3 heteroatoms. The lowest BCUT2D eigenvalue weighted by molar-refractivity contribution is 0.590. The van der Waals surface area contributed by atoms with Gasteiger partial charge in [0, 0.05) is 17.2 Å². The molecule has 1 aromatic rings. The summed E-state index contributed by atoms with van der Waals surface area (Å²) in [6.45, 7) is 6.65. The van der Waals surface area contributed by atoms with Crippen LogP contribution in [-0.4, -0.2) is 7.05 Å². The summed E-state index contributed by atoms with van der Waals surface area (Å²) < 4.78 is 1.11. The van der Waals surface area contributed by atoms with Gasteiger partial charge in [-0.3, -0.25) is 0 Å². The molecule has 0 bridgehead atoms. The fourth-order valence-electron chi connectivity index (χ4n) is 1.18. The average Bonchev–Trinajstić information content (AvgIpc) is 2.03. The van der Waals surface area contributed by atoms with Crippen molar-refractivity contribution in [2.75, 3.05) is 12.4 Å². The third-order valence-corrected chi connectivity index (χ3v) is 2.79. The van der Waals surface area contributed by atoms with E-state index in [1.165, 1.54) is 5.56 Å². The summed E-state index contributed by atoms with van der Waals surface area (Å²) in [7, 11) is 1.94. The first-order chi connectivity index (χ1) is 5.95. The minimum Gasteiger partial charge on any atom is -0.387 e. The van der Waals surface area contributed by atoms with E-state index in [-0.39, 0.29) is 17.8 Å². The van der Waals surface area contributed by atoms with Crippen LogP contribution in [-0.2, 0) is 5.41 Å². The molecule has 0 radical (unpaired) electrons. The summed E-state index contributed by atoms with van der Waals surface area (Å²) in [5.41, 5.74) is 2.71. The van der Waals surface area contributed by atoms with Crippen molar-refractivity contribution in [3.63, 3.8) is 0 Å². The van der Waals surface area contributed by atoms with E-state index in [9.17, 15) is 0 Å². The quantitative estimate of drug-likeness (QED) is 0.811. The largest absolute Gasteiger partial charge is 0.387 e. The standard InChI is InChI=1S/C11H16BrN.ClH/c1-11(2,3)8-5-6-9(12)10(7-8)13-4;/h5-7,13H,1-4H3;1H. The first-order valence-electron chi connectivity index (χ1n) is 4.43. The fraction of sp³-hybridized carbons (Fsp3) is 0.455. The lowest BCUT2D eigenvalue weighted by Gasteiger charge is -2.20. The zero-order valence-corrected chi connectivity index (χ0v) is 11.4. The van der Waals surface area contributed by atoms with Crippen molar-refractivity contribution in [2.24, 2.45) is 0 Å². The molecule has 80 valence electrons. The van der Waals surface area contributed by atoms with Crippen LogP contribution >= 0.6 is 28.3 Å². The molecule has 0 atom stereocenters. The van der Waals surface area contributed by atoms with Gasteiger partial charge in [0.25, 0.3) is 0 Å². The van der Waals surface area contributed by atoms with Gasteiger partial charge in [0.15, 0.2) is 0 Å². The van der Waals surface area contributed by atoms with E-state index < -0.39 is 0 Å². The summed E-state index contributed by atoms with van der Waals surface area (Å²) in [5.74, 6) is 0. The lowest BCUT2D eigenvalue weighted by Crippen LogP contribution is -2.11. The topological polar surface area (TPSA) is 12.0 Å². The molecule has 0 fully saturated rings. The molecule has 1 aromatic carbocycles. The Balaban J connectivity index is 0.00000169. The van der Waals surface area contributed by atoms with Crippen LogP contribution in [0.4, 0.5) is 5.69 Å². The van der Waals surface area contributed by atoms with Gasteiger partial charge in [0.1, 0.15) is 0 Å². The molecule has 0 aliphatic carbocycles. The molecule has 1 nitrogen and oxygen atoms in total. The Bertz CT molecular complexity index is 305. The van der Waals surface area contributed by atoms with Gasteiger partial charge in [0.2, 0.25) is 0 Å². The van der Waals surface area contributed by atoms with Gasteiger partial charge in [-0.15, -0.1) is 12.4 Å². The minimum atomic E-state index is 0. The van der Waals surface area contributed by atoms with Gasteiger partial charge < -0.3 is 5.32 Å². The molecule has 0 aromatic heterocycles. The van der Waals surface area contributed by atoms with Gasteiger partial charge in [-0.1, -0.05) is 26.8 Å². The zero-order valence-electron chi connectivity index (χ0n) is 9.02. The number of nitrogens with one attached hydrogen (secondary N) is 1. The van der Waals surface area contributed by atoms with Gasteiger partial charge in [-0.25, -0.2) is 0 Å². The Morgan fingerprint density at radius 2 is 1.79 bits per heavy atom. The Morgan fingerprint density at radius 1 is 1.21 bits per heavy atom. The van der Waals surface area contributed by atoms with Crippen molar-refractivity contribution >= 4 is 34.0 Å². The number of halogens is 2. The molecule has 0 saturated heterocycles. The van der Waals surface area contributed by atoms with Crippen LogP contribution in [0, 0.1) is 0 Å². The maximum Gasteiger partial charge on any atom is 0.0484 e.